The number of rotatable bonds is 0. The molecule has 0 aromatic carbocycles. The molecule has 0 amide bonds. The summed E-state index contributed by atoms with van der Waals surface area (Å²) in [5.74, 6) is 0.594. The fourth-order valence-corrected chi connectivity index (χ4v) is 2.20. The first-order chi connectivity index (χ1) is 6.48. The fourth-order valence-electron chi connectivity index (χ4n) is 1.24. The van der Waals surface area contributed by atoms with Gasteiger partial charge in [0.1, 0.15) is 0 Å². The maximum Gasteiger partial charge on any atom is 0.417 e. The van der Waals surface area contributed by atoms with Crippen molar-refractivity contribution in [2.24, 2.45) is 0 Å². The van der Waals surface area contributed by atoms with Gasteiger partial charge in [-0.15, -0.1) is 11.8 Å². The van der Waals surface area contributed by atoms with E-state index in [-0.39, 0.29) is 0 Å². The molecule has 0 atom stereocenters. The van der Waals surface area contributed by atoms with E-state index < -0.39 is 11.7 Å². The number of thioether (sulfide) groups is 1. The van der Waals surface area contributed by atoms with Gasteiger partial charge in [-0.25, -0.2) is 5.06 Å². The van der Waals surface area contributed by atoms with Gasteiger partial charge in [0.15, 0.2) is 0 Å². The first-order valence-corrected chi connectivity index (χ1v) is 4.79. The van der Waals surface area contributed by atoms with Gasteiger partial charge in [0.25, 0.3) is 0 Å². The minimum absolute atomic E-state index is 0.433. The number of halogens is 3. The standard InChI is InChI=1S/C8H6F3NOS/c9-8(10,11)5-3-7-6(1-2-14-7)12(13)4-5/h1,3-4,13H,2H2. The van der Waals surface area contributed by atoms with Crippen LogP contribution in [0, 0.1) is 0 Å². The summed E-state index contributed by atoms with van der Waals surface area (Å²) in [6.45, 7) is 0. The van der Waals surface area contributed by atoms with Gasteiger partial charge in [-0.3, -0.25) is 5.21 Å². The van der Waals surface area contributed by atoms with Crippen LogP contribution in [0.4, 0.5) is 13.2 Å². The Balaban J connectivity index is 2.37. The number of allylic oxidation sites excluding steroid dienone is 2. The third-order valence-electron chi connectivity index (χ3n) is 1.89. The number of hydroxylamine groups is 2. The van der Waals surface area contributed by atoms with Gasteiger partial charge in [-0.2, -0.15) is 13.2 Å². The van der Waals surface area contributed by atoms with Crippen molar-refractivity contribution in [2.45, 2.75) is 6.18 Å². The highest BCUT2D eigenvalue weighted by Gasteiger charge is 2.36. The van der Waals surface area contributed by atoms with Crippen LogP contribution < -0.4 is 0 Å². The topological polar surface area (TPSA) is 23.5 Å². The summed E-state index contributed by atoms with van der Waals surface area (Å²) >= 11 is 1.28. The third kappa shape index (κ3) is 1.55. The summed E-state index contributed by atoms with van der Waals surface area (Å²) < 4.78 is 36.9. The maximum atomic E-state index is 12.3. The van der Waals surface area contributed by atoms with Gasteiger partial charge >= 0.3 is 6.18 Å². The zero-order valence-electron chi connectivity index (χ0n) is 6.88. The van der Waals surface area contributed by atoms with Crippen LogP contribution in [-0.2, 0) is 0 Å². The molecule has 0 bridgehead atoms. The lowest BCUT2D eigenvalue weighted by atomic mass is 10.2. The van der Waals surface area contributed by atoms with Crippen molar-refractivity contribution in [1.29, 1.82) is 0 Å². The summed E-state index contributed by atoms with van der Waals surface area (Å²) in [6, 6.07) is 0. The summed E-state index contributed by atoms with van der Waals surface area (Å²) in [6.07, 6.45) is -1.000. The second-order valence-corrected chi connectivity index (χ2v) is 3.90. The molecule has 1 N–H and O–H groups in total. The first-order valence-electron chi connectivity index (χ1n) is 3.80. The predicted molar refractivity (Wildman–Crippen MR) is 46.4 cm³/mol. The normalized spacial score (nSPS) is 21.4. The molecule has 2 aliphatic heterocycles. The number of alkyl halides is 3. The van der Waals surface area contributed by atoms with Crippen molar-refractivity contribution in [2.75, 3.05) is 5.75 Å². The molecule has 6 heteroatoms. The van der Waals surface area contributed by atoms with E-state index in [1.807, 2.05) is 0 Å². The molecular formula is C8H6F3NOS. The molecule has 0 unspecified atom stereocenters. The SMILES string of the molecule is ON1C=C(C(F)(F)F)C=C2SCC=C21. The van der Waals surface area contributed by atoms with Crippen LogP contribution >= 0.6 is 11.8 Å². The number of fused-ring (bicyclic) bond motifs is 1. The number of hydrogen-bond acceptors (Lipinski definition) is 3. The van der Waals surface area contributed by atoms with Crippen LogP contribution in [0.1, 0.15) is 0 Å². The van der Waals surface area contributed by atoms with E-state index in [1.165, 1.54) is 11.8 Å². The van der Waals surface area contributed by atoms with E-state index in [2.05, 4.69) is 0 Å². The number of nitrogens with zero attached hydrogens (tertiary/aromatic N) is 1. The molecule has 0 aliphatic carbocycles. The Morgan fingerprint density at radius 1 is 1.43 bits per heavy atom. The van der Waals surface area contributed by atoms with E-state index in [1.54, 1.807) is 6.08 Å². The molecule has 14 heavy (non-hydrogen) atoms. The van der Waals surface area contributed by atoms with Crippen LogP contribution in [0.3, 0.4) is 0 Å². The van der Waals surface area contributed by atoms with E-state index in [9.17, 15) is 18.4 Å². The van der Waals surface area contributed by atoms with E-state index in [0.717, 1.165) is 6.08 Å². The minimum atomic E-state index is -4.41. The minimum Gasteiger partial charge on any atom is -0.284 e. The lowest BCUT2D eigenvalue weighted by Gasteiger charge is -2.22. The smallest absolute Gasteiger partial charge is 0.284 e. The molecule has 0 spiro atoms. The third-order valence-corrected chi connectivity index (χ3v) is 2.86. The van der Waals surface area contributed by atoms with Gasteiger partial charge in [-0.05, 0) is 12.2 Å². The van der Waals surface area contributed by atoms with Gasteiger partial charge in [-0.1, -0.05) is 0 Å². The molecule has 2 aliphatic rings. The molecule has 0 saturated heterocycles. The molecule has 0 radical (unpaired) electrons. The van der Waals surface area contributed by atoms with E-state index >= 15 is 0 Å². The highest BCUT2D eigenvalue weighted by molar-refractivity contribution is 8.03. The van der Waals surface area contributed by atoms with Crippen molar-refractivity contribution in [3.63, 3.8) is 0 Å². The first kappa shape index (κ1) is 9.67. The molecular weight excluding hydrogens is 215 g/mol. The van der Waals surface area contributed by atoms with Gasteiger partial charge in [0.2, 0.25) is 0 Å². The van der Waals surface area contributed by atoms with Gasteiger partial charge in [0, 0.05) is 16.9 Å². The van der Waals surface area contributed by atoms with Crippen LogP contribution in [0.2, 0.25) is 0 Å². The lowest BCUT2D eigenvalue weighted by molar-refractivity contribution is -0.0939. The molecule has 2 rings (SSSR count). The van der Waals surface area contributed by atoms with Crippen molar-refractivity contribution >= 4 is 11.8 Å². The van der Waals surface area contributed by atoms with Crippen molar-refractivity contribution < 1.29 is 18.4 Å². The molecule has 0 aromatic heterocycles. The molecule has 76 valence electrons. The Bertz CT molecular complexity index is 356. The van der Waals surface area contributed by atoms with Crippen molar-refractivity contribution in [3.05, 3.63) is 34.5 Å². The Morgan fingerprint density at radius 2 is 2.14 bits per heavy atom. The molecule has 2 heterocycles. The van der Waals surface area contributed by atoms with E-state index in [4.69, 9.17) is 0 Å². The van der Waals surface area contributed by atoms with Crippen LogP contribution in [0.15, 0.2) is 34.5 Å². The van der Waals surface area contributed by atoms with Crippen LogP contribution in [-0.4, -0.2) is 22.2 Å². The van der Waals surface area contributed by atoms with Gasteiger partial charge in [0.05, 0.1) is 11.3 Å². The zero-order chi connectivity index (χ0) is 10.3. The summed E-state index contributed by atoms with van der Waals surface area (Å²) in [4.78, 5) is 0.460. The summed E-state index contributed by atoms with van der Waals surface area (Å²) in [7, 11) is 0. The highest BCUT2D eigenvalue weighted by Crippen LogP contribution is 2.40. The largest absolute Gasteiger partial charge is 0.417 e. The second-order valence-electron chi connectivity index (χ2n) is 2.84. The average Bonchev–Trinajstić information content (AvgIpc) is 2.50. The molecule has 0 aromatic rings. The molecule has 0 saturated carbocycles. The number of hydrogen-bond donors (Lipinski definition) is 1. The van der Waals surface area contributed by atoms with Crippen LogP contribution in [0.5, 0.6) is 0 Å². The average molecular weight is 221 g/mol. The van der Waals surface area contributed by atoms with Crippen molar-refractivity contribution in [1.82, 2.24) is 5.06 Å². The Kier molecular flexibility index (Phi) is 2.11. The molecule has 2 nitrogen and oxygen atoms in total. The summed E-state index contributed by atoms with van der Waals surface area (Å²) in [5, 5.41) is 9.77. The second kappa shape index (κ2) is 3.06. The highest BCUT2D eigenvalue weighted by atomic mass is 32.2. The Morgan fingerprint density at radius 3 is 2.79 bits per heavy atom. The lowest BCUT2D eigenvalue weighted by Crippen LogP contribution is -2.21. The fraction of sp³-hybridized carbons (Fsp3) is 0.250. The predicted octanol–water partition coefficient (Wildman–Crippen LogP) is 2.65. The van der Waals surface area contributed by atoms with Gasteiger partial charge < -0.3 is 0 Å². The maximum absolute atomic E-state index is 12.3. The van der Waals surface area contributed by atoms with E-state index in [0.29, 0.717) is 27.6 Å². The quantitative estimate of drug-likeness (QED) is 0.680. The Labute approximate surface area is 82.3 Å². The van der Waals surface area contributed by atoms with Crippen LogP contribution in [0.25, 0.3) is 0 Å². The summed E-state index contributed by atoms with van der Waals surface area (Å²) in [5.41, 5.74) is -0.399. The molecule has 0 fully saturated rings. The monoisotopic (exact) mass is 221 g/mol. The Hall–Kier alpha value is -0.880. The van der Waals surface area contributed by atoms with Crippen molar-refractivity contribution in [3.8, 4) is 0 Å². The zero-order valence-corrected chi connectivity index (χ0v) is 7.69.